The van der Waals surface area contributed by atoms with Crippen molar-refractivity contribution in [2.45, 2.75) is 44.7 Å². The van der Waals surface area contributed by atoms with Gasteiger partial charge in [0.15, 0.2) is 0 Å². The third kappa shape index (κ3) is 4.40. The average Bonchev–Trinajstić information content (AvgIpc) is 3.14. The molecule has 0 heterocycles. The lowest BCUT2D eigenvalue weighted by molar-refractivity contribution is -0.118. The maximum Gasteiger partial charge on any atom is 0.246 e. The molecule has 0 spiro atoms. The van der Waals surface area contributed by atoms with Crippen LogP contribution in [0.4, 0.5) is 5.69 Å². The maximum atomic E-state index is 13.1. The van der Waals surface area contributed by atoms with Gasteiger partial charge in [-0.3, -0.25) is 10.1 Å². The summed E-state index contributed by atoms with van der Waals surface area (Å²) in [5.41, 5.74) is 2.77. The number of ether oxygens (including phenoxy) is 1. The van der Waals surface area contributed by atoms with Gasteiger partial charge in [-0.25, -0.2) is 0 Å². The summed E-state index contributed by atoms with van der Waals surface area (Å²) in [5, 5.41) is 6.60. The summed E-state index contributed by atoms with van der Waals surface area (Å²) in [6, 6.07) is 15.7. The van der Waals surface area contributed by atoms with E-state index in [4.69, 9.17) is 4.74 Å². The van der Waals surface area contributed by atoms with E-state index in [1.807, 2.05) is 55.5 Å². The third-order valence-corrected chi connectivity index (χ3v) is 4.77. The molecule has 3 rings (SSSR count). The molecule has 1 atom stereocenters. The van der Waals surface area contributed by atoms with Crippen molar-refractivity contribution in [1.29, 1.82) is 0 Å². The third-order valence-electron chi connectivity index (χ3n) is 4.77. The van der Waals surface area contributed by atoms with Gasteiger partial charge in [0, 0.05) is 6.04 Å². The van der Waals surface area contributed by atoms with Crippen LogP contribution in [0.1, 0.15) is 42.9 Å². The van der Waals surface area contributed by atoms with Crippen LogP contribution < -0.4 is 15.4 Å². The maximum absolute atomic E-state index is 13.1. The first kappa shape index (κ1) is 17.5. The van der Waals surface area contributed by atoms with E-state index in [0.717, 1.165) is 24.0 Å². The molecule has 0 aromatic heterocycles. The highest BCUT2D eigenvalue weighted by Crippen LogP contribution is 2.28. The van der Waals surface area contributed by atoms with E-state index in [9.17, 15) is 4.79 Å². The molecule has 2 aromatic rings. The average molecular weight is 338 g/mol. The Bertz CT molecular complexity index is 709. The highest BCUT2D eigenvalue weighted by molar-refractivity contribution is 5.96. The lowest BCUT2D eigenvalue weighted by atomic mass is 10.0. The van der Waals surface area contributed by atoms with Crippen LogP contribution in [0.25, 0.3) is 0 Å². The fourth-order valence-electron chi connectivity index (χ4n) is 3.42. The molecule has 4 heteroatoms. The minimum Gasteiger partial charge on any atom is -0.495 e. The van der Waals surface area contributed by atoms with Crippen LogP contribution in [0.5, 0.6) is 5.75 Å². The van der Waals surface area contributed by atoms with Gasteiger partial charge in [0.25, 0.3) is 0 Å². The van der Waals surface area contributed by atoms with Crippen molar-refractivity contribution < 1.29 is 9.53 Å². The fourth-order valence-corrected chi connectivity index (χ4v) is 3.42. The van der Waals surface area contributed by atoms with Gasteiger partial charge in [0.1, 0.15) is 11.8 Å². The SMILES string of the molecule is COc1ccc(C)cc1NC(=O)[C@H](NC1CCCC1)c1ccccc1. The molecular weight excluding hydrogens is 312 g/mol. The molecule has 0 radical (unpaired) electrons. The number of hydrogen-bond acceptors (Lipinski definition) is 3. The van der Waals surface area contributed by atoms with Gasteiger partial charge in [-0.2, -0.15) is 0 Å². The molecule has 132 valence electrons. The summed E-state index contributed by atoms with van der Waals surface area (Å²) < 4.78 is 5.38. The van der Waals surface area contributed by atoms with Gasteiger partial charge < -0.3 is 10.1 Å². The van der Waals surface area contributed by atoms with Gasteiger partial charge in [-0.15, -0.1) is 0 Å². The van der Waals surface area contributed by atoms with Crippen LogP contribution in [0.3, 0.4) is 0 Å². The standard InChI is InChI=1S/C21H26N2O2/c1-15-12-13-19(25-2)18(14-15)23-21(24)20(16-8-4-3-5-9-16)22-17-10-6-7-11-17/h3-5,8-9,12-14,17,20,22H,6-7,10-11H2,1-2H3,(H,23,24)/t20-/m1/s1. The van der Waals surface area contributed by atoms with Crippen LogP contribution in [-0.2, 0) is 4.79 Å². The van der Waals surface area contributed by atoms with E-state index in [0.29, 0.717) is 17.5 Å². The van der Waals surface area contributed by atoms with Gasteiger partial charge in [0.2, 0.25) is 5.91 Å². The van der Waals surface area contributed by atoms with Crippen molar-refractivity contribution >= 4 is 11.6 Å². The Morgan fingerprint density at radius 3 is 2.52 bits per heavy atom. The molecule has 4 nitrogen and oxygen atoms in total. The monoisotopic (exact) mass is 338 g/mol. The van der Waals surface area contributed by atoms with Crippen molar-refractivity contribution in [2.75, 3.05) is 12.4 Å². The second-order valence-electron chi connectivity index (χ2n) is 6.68. The number of carbonyl (C=O) groups excluding carboxylic acids is 1. The van der Waals surface area contributed by atoms with E-state index in [2.05, 4.69) is 10.6 Å². The first-order chi connectivity index (χ1) is 12.2. The second kappa shape index (κ2) is 8.17. The highest BCUT2D eigenvalue weighted by atomic mass is 16.5. The Morgan fingerprint density at radius 2 is 1.84 bits per heavy atom. The quantitative estimate of drug-likeness (QED) is 0.829. The Morgan fingerprint density at radius 1 is 1.12 bits per heavy atom. The molecule has 1 fully saturated rings. The summed E-state index contributed by atoms with van der Waals surface area (Å²) >= 11 is 0. The van der Waals surface area contributed by atoms with Crippen LogP contribution in [0.15, 0.2) is 48.5 Å². The minimum atomic E-state index is -0.366. The molecule has 0 unspecified atom stereocenters. The van der Waals surface area contributed by atoms with E-state index >= 15 is 0 Å². The molecule has 2 N–H and O–H groups in total. The molecule has 1 aliphatic rings. The molecule has 1 amide bonds. The Balaban J connectivity index is 1.82. The molecule has 2 aromatic carbocycles. The highest BCUT2D eigenvalue weighted by Gasteiger charge is 2.26. The van der Waals surface area contributed by atoms with Crippen LogP contribution in [0, 0.1) is 6.92 Å². The number of methoxy groups -OCH3 is 1. The smallest absolute Gasteiger partial charge is 0.246 e. The zero-order chi connectivity index (χ0) is 17.6. The fraction of sp³-hybridized carbons (Fsp3) is 0.381. The first-order valence-corrected chi connectivity index (χ1v) is 8.94. The topological polar surface area (TPSA) is 50.4 Å². The second-order valence-corrected chi connectivity index (χ2v) is 6.68. The number of amides is 1. The van der Waals surface area contributed by atoms with Gasteiger partial charge in [0.05, 0.1) is 12.8 Å². The predicted molar refractivity (Wildman–Crippen MR) is 101 cm³/mol. The summed E-state index contributed by atoms with van der Waals surface area (Å²) in [6.45, 7) is 2.00. The Hall–Kier alpha value is -2.33. The molecule has 1 aliphatic carbocycles. The zero-order valence-corrected chi connectivity index (χ0v) is 14.9. The van der Waals surface area contributed by atoms with Gasteiger partial charge in [-0.05, 0) is 43.0 Å². The van der Waals surface area contributed by atoms with Crippen LogP contribution in [-0.4, -0.2) is 19.1 Å². The van der Waals surface area contributed by atoms with Gasteiger partial charge >= 0.3 is 0 Å². The van der Waals surface area contributed by atoms with E-state index in [1.54, 1.807) is 7.11 Å². The lowest BCUT2D eigenvalue weighted by Crippen LogP contribution is -2.38. The largest absolute Gasteiger partial charge is 0.495 e. The Labute approximate surface area is 149 Å². The van der Waals surface area contributed by atoms with Crippen molar-refractivity contribution in [2.24, 2.45) is 0 Å². The number of rotatable bonds is 6. The van der Waals surface area contributed by atoms with Gasteiger partial charge in [-0.1, -0.05) is 49.2 Å². The predicted octanol–water partition coefficient (Wildman–Crippen LogP) is 4.22. The zero-order valence-electron chi connectivity index (χ0n) is 14.9. The lowest BCUT2D eigenvalue weighted by Gasteiger charge is -2.23. The van der Waals surface area contributed by atoms with Crippen molar-refractivity contribution in [1.82, 2.24) is 5.32 Å². The number of carbonyl (C=O) groups is 1. The summed E-state index contributed by atoms with van der Waals surface area (Å²) in [4.78, 5) is 13.1. The summed E-state index contributed by atoms with van der Waals surface area (Å²) in [6.07, 6.45) is 4.72. The summed E-state index contributed by atoms with van der Waals surface area (Å²) in [5.74, 6) is 0.619. The minimum absolute atomic E-state index is 0.0537. The number of hydrogen-bond donors (Lipinski definition) is 2. The first-order valence-electron chi connectivity index (χ1n) is 8.94. The molecule has 0 saturated heterocycles. The van der Waals surface area contributed by atoms with Crippen molar-refractivity contribution in [3.8, 4) is 5.75 Å². The molecule has 0 aliphatic heterocycles. The number of anilines is 1. The van der Waals surface area contributed by atoms with Crippen molar-refractivity contribution in [3.63, 3.8) is 0 Å². The number of aryl methyl sites for hydroxylation is 1. The molecular formula is C21H26N2O2. The summed E-state index contributed by atoms with van der Waals surface area (Å²) in [7, 11) is 1.62. The van der Waals surface area contributed by atoms with E-state index in [1.165, 1.54) is 12.8 Å². The normalized spacial score (nSPS) is 15.8. The van der Waals surface area contributed by atoms with E-state index < -0.39 is 0 Å². The van der Waals surface area contributed by atoms with Crippen molar-refractivity contribution in [3.05, 3.63) is 59.7 Å². The van der Waals surface area contributed by atoms with Crippen LogP contribution in [0.2, 0.25) is 0 Å². The molecule has 0 bridgehead atoms. The van der Waals surface area contributed by atoms with Crippen LogP contribution >= 0.6 is 0 Å². The molecule has 1 saturated carbocycles. The number of benzene rings is 2. The molecule has 25 heavy (non-hydrogen) atoms. The van der Waals surface area contributed by atoms with E-state index in [-0.39, 0.29) is 11.9 Å². The Kier molecular flexibility index (Phi) is 5.71. The number of nitrogens with one attached hydrogen (secondary N) is 2.